The van der Waals surface area contributed by atoms with E-state index in [0.717, 1.165) is 18.7 Å². The molecule has 0 saturated carbocycles. The number of aromatic nitrogens is 1. The summed E-state index contributed by atoms with van der Waals surface area (Å²) in [4.78, 5) is 0. The van der Waals surface area contributed by atoms with Gasteiger partial charge in [0.15, 0.2) is 0 Å². The Kier molecular flexibility index (Phi) is 2.63. The maximum atomic E-state index is 5.91. The fraction of sp³-hybridized carbons (Fsp3) is 0.333. The number of rotatable bonds is 3. The Morgan fingerprint density at radius 2 is 2.17 bits per heavy atom. The number of fused-ring (bicyclic) bond motifs is 3. The first-order chi connectivity index (χ1) is 8.69. The number of nitrogens with zero attached hydrogens (tertiary/aromatic N) is 1. The van der Waals surface area contributed by atoms with Crippen molar-refractivity contribution in [2.75, 3.05) is 7.11 Å². The molecule has 0 bridgehead atoms. The molecule has 0 amide bonds. The first kappa shape index (κ1) is 11.4. The normalized spacial score (nSPS) is 14.2. The van der Waals surface area contributed by atoms with Gasteiger partial charge in [0.25, 0.3) is 0 Å². The van der Waals surface area contributed by atoms with Crippen LogP contribution in [0.3, 0.4) is 0 Å². The Bertz CT molecular complexity index is 584. The molecule has 2 aromatic rings. The fourth-order valence-electron chi connectivity index (χ4n) is 2.71. The third-order valence-electron chi connectivity index (χ3n) is 3.48. The van der Waals surface area contributed by atoms with E-state index in [1.807, 2.05) is 13.0 Å². The molecule has 1 aliphatic rings. The van der Waals surface area contributed by atoms with Crippen molar-refractivity contribution in [3.05, 3.63) is 41.6 Å². The van der Waals surface area contributed by atoms with E-state index in [4.69, 9.17) is 10.5 Å². The van der Waals surface area contributed by atoms with E-state index >= 15 is 0 Å². The Balaban J connectivity index is 2.09. The minimum absolute atomic E-state index is 0.163. The van der Waals surface area contributed by atoms with Gasteiger partial charge in [0.2, 0.25) is 0 Å². The van der Waals surface area contributed by atoms with E-state index in [1.165, 1.54) is 22.4 Å². The van der Waals surface area contributed by atoms with Crippen LogP contribution in [0.15, 0.2) is 30.5 Å². The van der Waals surface area contributed by atoms with E-state index in [1.54, 1.807) is 7.11 Å². The zero-order valence-electron chi connectivity index (χ0n) is 10.8. The summed E-state index contributed by atoms with van der Waals surface area (Å²) < 4.78 is 7.57. The monoisotopic (exact) mass is 242 g/mol. The smallest absolute Gasteiger partial charge is 0.119 e. The summed E-state index contributed by atoms with van der Waals surface area (Å²) in [6, 6.07) is 8.67. The molecule has 1 aromatic carbocycles. The fourth-order valence-corrected chi connectivity index (χ4v) is 2.71. The van der Waals surface area contributed by atoms with Gasteiger partial charge in [0, 0.05) is 30.8 Å². The summed E-state index contributed by atoms with van der Waals surface area (Å²) in [5.74, 6) is 0.912. The molecule has 94 valence electrons. The van der Waals surface area contributed by atoms with Crippen molar-refractivity contribution in [3.63, 3.8) is 0 Å². The number of benzene rings is 1. The zero-order valence-corrected chi connectivity index (χ0v) is 10.8. The molecule has 3 heteroatoms. The first-order valence-corrected chi connectivity index (χ1v) is 6.30. The number of hydrogen-bond donors (Lipinski definition) is 1. The van der Waals surface area contributed by atoms with Gasteiger partial charge in [-0.3, -0.25) is 0 Å². The summed E-state index contributed by atoms with van der Waals surface area (Å²) in [5.41, 5.74) is 11.3. The number of methoxy groups -OCH3 is 1. The molecule has 3 nitrogen and oxygen atoms in total. The van der Waals surface area contributed by atoms with Crippen LogP contribution >= 0.6 is 0 Å². The first-order valence-electron chi connectivity index (χ1n) is 6.30. The Labute approximate surface area is 107 Å². The quantitative estimate of drug-likeness (QED) is 0.766. The van der Waals surface area contributed by atoms with Crippen molar-refractivity contribution in [3.8, 4) is 17.0 Å². The van der Waals surface area contributed by atoms with Crippen LogP contribution in [0.25, 0.3) is 11.3 Å². The summed E-state index contributed by atoms with van der Waals surface area (Å²) in [6.45, 7) is 2.89. The minimum atomic E-state index is 0.163. The molecule has 0 spiro atoms. The third kappa shape index (κ3) is 1.71. The molecule has 3 rings (SSSR count). The van der Waals surface area contributed by atoms with Crippen molar-refractivity contribution in [1.82, 2.24) is 4.57 Å². The lowest BCUT2D eigenvalue weighted by Gasteiger charge is -2.12. The average Bonchev–Trinajstić information content (AvgIpc) is 2.88. The van der Waals surface area contributed by atoms with Gasteiger partial charge < -0.3 is 15.0 Å². The van der Waals surface area contributed by atoms with Gasteiger partial charge in [-0.25, -0.2) is 0 Å². The second-order valence-electron chi connectivity index (χ2n) is 5.02. The van der Waals surface area contributed by atoms with E-state index in [9.17, 15) is 0 Å². The zero-order chi connectivity index (χ0) is 12.7. The van der Waals surface area contributed by atoms with Crippen LogP contribution in [0, 0.1) is 0 Å². The SMILES string of the molecule is COc1ccc2c(c1)-c1c(ccn1C[C@H](C)N)C2. The van der Waals surface area contributed by atoms with E-state index in [-0.39, 0.29) is 6.04 Å². The average molecular weight is 242 g/mol. The molecule has 0 fully saturated rings. The van der Waals surface area contributed by atoms with Crippen LogP contribution in [-0.4, -0.2) is 17.7 Å². The van der Waals surface area contributed by atoms with Crippen LogP contribution in [0.1, 0.15) is 18.1 Å². The molecule has 0 radical (unpaired) electrons. The van der Waals surface area contributed by atoms with E-state index in [2.05, 4.69) is 29.0 Å². The lowest BCUT2D eigenvalue weighted by Crippen LogP contribution is -2.22. The highest BCUT2D eigenvalue weighted by atomic mass is 16.5. The largest absolute Gasteiger partial charge is 0.497 e. The molecule has 1 aromatic heterocycles. The Morgan fingerprint density at radius 3 is 2.89 bits per heavy atom. The predicted molar refractivity (Wildman–Crippen MR) is 72.9 cm³/mol. The van der Waals surface area contributed by atoms with E-state index < -0.39 is 0 Å². The van der Waals surface area contributed by atoms with Gasteiger partial charge in [-0.05, 0) is 36.2 Å². The maximum absolute atomic E-state index is 5.91. The highest BCUT2D eigenvalue weighted by molar-refractivity contribution is 5.75. The number of nitrogens with two attached hydrogens (primary N) is 1. The molecule has 18 heavy (non-hydrogen) atoms. The minimum Gasteiger partial charge on any atom is -0.497 e. The van der Waals surface area contributed by atoms with Crippen LogP contribution in [0.2, 0.25) is 0 Å². The van der Waals surface area contributed by atoms with Crippen molar-refractivity contribution in [2.45, 2.75) is 25.9 Å². The summed E-state index contributed by atoms with van der Waals surface area (Å²) >= 11 is 0. The standard InChI is InChI=1S/C15H18N2O/c1-10(16)9-17-6-5-12-7-11-3-4-13(18-2)8-14(11)15(12)17/h3-6,8,10H,7,9,16H2,1-2H3/t10-/m0/s1. The molecular weight excluding hydrogens is 224 g/mol. The number of ether oxygens (including phenoxy) is 1. The predicted octanol–water partition coefficient (Wildman–Crippen LogP) is 2.42. The molecule has 0 saturated heterocycles. The van der Waals surface area contributed by atoms with Gasteiger partial charge in [0.05, 0.1) is 12.8 Å². The van der Waals surface area contributed by atoms with Gasteiger partial charge in [0.1, 0.15) is 5.75 Å². The molecule has 1 atom stereocenters. The molecular formula is C15H18N2O. The van der Waals surface area contributed by atoms with Crippen molar-refractivity contribution in [1.29, 1.82) is 0 Å². The molecule has 0 aliphatic heterocycles. The highest BCUT2D eigenvalue weighted by Crippen LogP contribution is 2.39. The summed E-state index contributed by atoms with van der Waals surface area (Å²) in [7, 11) is 1.71. The summed E-state index contributed by atoms with van der Waals surface area (Å²) in [6.07, 6.45) is 3.15. The van der Waals surface area contributed by atoms with Gasteiger partial charge in [-0.2, -0.15) is 0 Å². The molecule has 1 aliphatic carbocycles. The van der Waals surface area contributed by atoms with Crippen molar-refractivity contribution < 1.29 is 4.74 Å². The second kappa shape index (κ2) is 4.18. The van der Waals surface area contributed by atoms with Crippen LogP contribution in [-0.2, 0) is 13.0 Å². The van der Waals surface area contributed by atoms with Crippen LogP contribution < -0.4 is 10.5 Å². The van der Waals surface area contributed by atoms with Crippen molar-refractivity contribution >= 4 is 0 Å². The van der Waals surface area contributed by atoms with Gasteiger partial charge in [-0.15, -0.1) is 0 Å². The lowest BCUT2D eigenvalue weighted by atomic mass is 10.1. The molecule has 2 N–H and O–H groups in total. The second-order valence-corrected chi connectivity index (χ2v) is 5.02. The maximum Gasteiger partial charge on any atom is 0.119 e. The van der Waals surface area contributed by atoms with Crippen LogP contribution in [0.5, 0.6) is 5.75 Å². The van der Waals surface area contributed by atoms with Crippen molar-refractivity contribution in [2.24, 2.45) is 5.73 Å². The summed E-state index contributed by atoms with van der Waals surface area (Å²) in [5, 5.41) is 0. The third-order valence-corrected chi connectivity index (χ3v) is 3.48. The van der Waals surface area contributed by atoms with Gasteiger partial charge >= 0.3 is 0 Å². The Hall–Kier alpha value is -1.74. The number of hydrogen-bond acceptors (Lipinski definition) is 2. The highest BCUT2D eigenvalue weighted by Gasteiger charge is 2.22. The van der Waals surface area contributed by atoms with Gasteiger partial charge in [-0.1, -0.05) is 6.07 Å². The topological polar surface area (TPSA) is 40.2 Å². The molecule has 0 unspecified atom stereocenters. The van der Waals surface area contributed by atoms with Crippen LogP contribution in [0.4, 0.5) is 0 Å². The Morgan fingerprint density at radius 1 is 1.33 bits per heavy atom. The van der Waals surface area contributed by atoms with E-state index in [0.29, 0.717) is 0 Å². The molecule has 1 heterocycles. The lowest BCUT2D eigenvalue weighted by molar-refractivity contribution is 0.415.